The number of pyridine rings is 1. The number of ether oxygens (including phenoxy) is 1. The number of nitrogens with zero attached hydrogens (tertiary/aromatic N) is 2. The molecule has 0 fully saturated rings. The number of hydrogen-bond donors (Lipinski definition) is 2. The molecular weight excluding hydrogens is 520 g/mol. The highest BCUT2D eigenvalue weighted by atomic mass is 127. The number of fused-ring (bicyclic) bond motifs is 1. The number of aromatic nitrogens is 1. The number of alkyl halides is 3. The van der Waals surface area contributed by atoms with Gasteiger partial charge in [0.1, 0.15) is 5.75 Å². The molecule has 2 N–H and O–H groups in total. The van der Waals surface area contributed by atoms with E-state index in [9.17, 15) is 13.2 Å². The molecular formula is C22H24F3IN4O. The molecule has 0 spiro atoms. The summed E-state index contributed by atoms with van der Waals surface area (Å²) in [5.74, 6) is 0.707. The molecule has 1 aromatic heterocycles. The van der Waals surface area contributed by atoms with E-state index in [1.807, 2.05) is 36.4 Å². The van der Waals surface area contributed by atoms with Crippen molar-refractivity contribution >= 4 is 40.7 Å². The summed E-state index contributed by atoms with van der Waals surface area (Å²) in [6, 6.07) is 15.1. The van der Waals surface area contributed by atoms with Crippen LogP contribution in [0.3, 0.4) is 0 Å². The summed E-state index contributed by atoms with van der Waals surface area (Å²) in [4.78, 5) is 8.61. The average Bonchev–Trinajstić information content (AvgIpc) is 2.73. The Morgan fingerprint density at radius 1 is 1.06 bits per heavy atom. The Labute approximate surface area is 196 Å². The van der Waals surface area contributed by atoms with E-state index in [4.69, 9.17) is 4.74 Å². The molecule has 0 amide bonds. The van der Waals surface area contributed by atoms with Crippen LogP contribution in [0.4, 0.5) is 13.2 Å². The van der Waals surface area contributed by atoms with Gasteiger partial charge in [-0.3, -0.25) is 9.98 Å². The highest BCUT2D eigenvalue weighted by molar-refractivity contribution is 14.0. The first-order valence-electron chi connectivity index (χ1n) is 9.42. The van der Waals surface area contributed by atoms with Gasteiger partial charge in [-0.15, -0.1) is 24.0 Å². The Morgan fingerprint density at radius 3 is 2.55 bits per heavy atom. The first-order valence-corrected chi connectivity index (χ1v) is 9.42. The van der Waals surface area contributed by atoms with Crippen LogP contribution in [0.15, 0.2) is 59.7 Å². The molecule has 0 saturated heterocycles. The second-order valence-electron chi connectivity index (χ2n) is 6.77. The summed E-state index contributed by atoms with van der Waals surface area (Å²) in [5, 5.41) is 8.44. The minimum absolute atomic E-state index is 0. The lowest BCUT2D eigenvalue weighted by atomic mass is 10.1. The molecule has 0 saturated carbocycles. The van der Waals surface area contributed by atoms with Crippen molar-refractivity contribution < 1.29 is 17.9 Å². The lowest BCUT2D eigenvalue weighted by Crippen LogP contribution is -2.36. The van der Waals surface area contributed by atoms with Crippen LogP contribution in [0.5, 0.6) is 5.75 Å². The summed E-state index contributed by atoms with van der Waals surface area (Å²) in [5.41, 5.74) is 2.30. The molecule has 2 aromatic carbocycles. The van der Waals surface area contributed by atoms with Crippen molar-refractivity contribution in [3.05, 3.63) is 71.5 Å². The maximum absolute atomic E-state index is 12.5. The maximum Gasteiger partial charge on any atom is 0.422 e. The van der Waals surface area contributed by atoms with Gasteiger partial charge in [-0.05, 0) is 30.0 Å². The third kappa shape index (κ3) is 7.27. The van der Waals surface area contributed by atoms with E-state index in [2.05, 4.69) is 20.6 Å². The van der Waals surface area contributed by atoms with E-state index in [-0.39, 0.29) is 36.3 Å². The fourth-order valence-electron chi connectivity index (χ4n) is 2.99. The summed E-state index contributed by atoms with van der Waals surface area (Å²) in [6.45, 7) is 1.18. The highest BCUT2D eigenvalue weighted by Crippen LogP contribution is 2.23. The summed E-state index contributed by atoms with van der Waals surface area (Å²) in [6.07, 6.45) is -2.64. The van der Waals surface area contributed by atoms with Crippen molar-refractivity contribution in [2.24, 2.45) is 4.99 Å². The number of halogens is 4. The van der Waals surface area contributed by atoms with Crippen LogP contribution in [-0.4, -0.2) is 30.8 Å². The normalized spacial score (nSPS) is 11.7. The highest BCUT2D eigenvalue weighted by Gasteiger charge is 2.28. The first-order chi connectivity index (χ1) is 14.4. The number of aliphatic imine (C=N–C) groups is 1. The number of guanidine groups is 1. The van der Waals surface area contributed by atoms with Gasteiger partial charge in [0.25, 0.3) is 0 Å². The van der Waals surface area contributed by atoms with E-state index < -0.39 is 12.8 Å². The molecule has 0 radical (unpaired) electrons. The Balaban J connectivity index is 0.00000341. The topological polar surface area (TPSA) is 58.5 Å². The summed E-state index contributed by atoms with van der Waals surface area (Å²) < 4.78 is 42.6. The molecule has 1 heterocycles. The van der Waals surface area contributed by atoms with Gasteiger partial charge in [0.2, 0.25) is 0 Å². The number of hydrogen-bond acceptors (Lipinski definition) is 3. The minimum atomic E-state index is -4.39. The molecule has 9 heteroatoms. The van der Waals surface area contributed by atoms with Crippen LogP contribution >= 0.6 is 24.0 Å². The zero-order valence-corrected chi connectivity index (χ0v) is 19.5. The van der Waals surface area contributed by atoms with Gasteiger partial charge in [0, 0.05) is 30.7 Å². The first kappa shape index (κ1) is 24.7. The monoisotopic (exact) mass is 544 g/mol. The fraction of sp³-hybridized carbons (Fsp3) is 0.273. The standard InChI is InChI=1S/C22H23F3N4O.HI/c1-15-7-8-17(20(11-15)30-14-22(23,24)25)12-28-21(26-2)29-13-19-18-6-4-3-5-16(18)9-10-27-19;/h3-11H,12-14H2,1-2H3,(H2,26,28,29);1H. The third-order valence-corrected chi connectivity index (χ3v) is 4.46. The third-order valence-electron chi connectivity index (χ3n) is 4.46. The Bertz CT molecular complexity index is 1040. The molecule has 3 rings (SSSR count). The van der Waals surface area contributed by atoms with Crippen LogP contribution < -0.4 is 15.4 Å². The molecule has 166 valence electrons. The Hall–Kier alpha value is -2.56. The zero-order chi connectivity index (χ0) is 21.6. The summed E-state index contributed by atoms with van der Waals surface area (Å²) in [7, 11) is 1.63. The molecule has 3 aromatic rings. The molecule has 0 unspecified atom stereocenters. The van der Waals surface area contributed by atoms with Crippen molar-refractivity contribution in [1.82, 2.24) is 15.6 Å². The van der Waals surface area contributed by atoms with Crippen LogP contribution in [0, 0.1) is 6.92 Å². The van der Waals surface area contributed by atoms with Crippen LogP contribution in [0.2, 0.25) is 0 Å². The molecule has 0 atom stereocenters. The molecule has 0 aliphatic rings. The van der Waals surface area contributed by atoms with Gasteiger partial charge in [-0.1, -0.05) is 36.4 Å². The Morgan fingerprint density at radius 2 is 1.81 bits per heavy atom. The summed E-state index contributed by atoms with van der Waals surface area (Å²) >= 11 is 0. The predicted octanol–water partition coefficient (Wildman–Crippen LogP) is 4.97. The van der Waals surface area contributed by atoms with Gasteiger partial charge in [-0.2, -0.15) is 13.2 Å². The molecule has 0 aliphatic heterocycles. The number of benzene rings is 2. The van der Waals surface area contributed by atoms with E-state index in [1.165, 1.54) is 0 Å². The smallest absolute Gasteiger partial charge is 0.422 e. The van der Waals surface area contributed by atoms with Crippen molar-refractivity contribution in [2.75, 3.05) is 13.7 Å². The molecule has 0 aliphatic carbocycles. The van der Waals surface area contributed by atoms with Crippen molar-refractivity contribution in [3.8, 4) is 5.75 Å². The number of rotatable bonds is 6. The van der Waals surface area contributed by atoms with Crippen molar-refractivity contribution in [2.45, 2.75) is 26.2 Å². The lowest BCUT2D eigenvalue weighted by molar-refractivity contribution is -0.153. The van der Waals surface area contributed by atoms with Crippen LogP contribution in [0.25, 0.3) is 10.8 Å². The van der Waals surface area contributed by atoms with E-state index >= 15 is 0 Å². The van der Waals surface area contributed by atoms with E-state index in [1.54, 1.807) is 32.3 Å². The molecule has 31 heavy (non-hydrogen) atoms. The number of aryl methyl sites for hydroxylation is 1. The van der Waals surface area contributed by atoms with Crippen molar-refractivity contribution in [3.63, 3.8) is 0 Å². The fourth-order valence-corrected chi connectivity index (χ4v) is 2.99. The van der Waals surface area contributed by atoms with Gasteiger partial charge in [0.15, 0.2) is 12.6 Å². The maximum atomic E-state index is 12.5. The van der Waals surface area contributed by atoms with Gasteiger partial charge < -0.3 is 15.4 Å². The van der Waals surface area contributed by atoms with E-state index in [0.717, 1.165) is 22.0 Å². The number of nitrogens with one attached hydrogen (secondary N) is 2. The van der Waals surface area contributed by atoms with Gasteiger partial charge in [0.05, 0.1) is 12.2 Å². The SMILES string of the molecule is CN=C(NCc1ccc(C)cc1OCC(F)(F)F)NCc1nccc2ccccc12.I. The van der Waals surface area contributed by atoms with Crippen LogP contribution in [-0.2, 0) is 13.1 Å². The average molecular weight is 544 g/mol. The molecule has 5 nitrogen and oxygen atoms in total. The molecule has 0 bridgehead atoms. The second-order valence-corrected chi connectivity index (χ2v) is 6.77. The zero-order valence-electron chi connectivity index (χ0n) is 17.2. The van der Waals surface area contributed by atoms with Crippen molar-refractivity contribution in [1.29, 1.82) is 0 Å². The van der Waals surface area contributed by atoms with Crippen LogP contribution in [0.1, 0.15) is 16.8 Å². The van der Waals surface area contributed by atoms with Gasteiger partial charge in [-0.25, -0.2) is 0 Å². The van der Waals surface area contributed by atoms with E-state index in [0.29, 0.717) is 18.1 Å². The lowest BCUT2D eigenvalue weighted by Gasteiger charge is -2.16. The largest absolute Gasteiger partial charge is 0.484 e. The Kier molecular flexibility index (Phi) is 8.90. The van der Waals surface area contributed by atoms with Gasteiger partial charge >= 0.3 is 6.18 Å². The minimum Gasteiger partial charge on any atom is -0.484 e. The second kappa shape index (κ2) is 11.2. The predicted molar refractivity (Wildman–Crippen MR) is 127 cm³/mol. The quantitative estimate of drug-likeness (QED) is 0.262.